The van der Waals surface area contributed by atoms with E-state index in [-0.39, 0.29) is 0 Å². The first kappa shape index (κ1) is 20.3. The van der Waals surface area contributed by atoms with Crippen molar-refractivity contribution in [2.45, 2.75) is 63.8 Å². The van der Waals surface area contributed by atoms with E-state index in [9.17, 15) is 25.2 Å². The van der Waals surface area contributed by atoms with Crippen molar-refractivity contribution in [3.05, 3.63) is 0 Å². The van der Waals surface area contributed by atoms with Crippen LogP contribution in [-0.2, 0) is 4.79 Å². The van der Waals surface area contributed by atoms with Gasteiger partial charge in [0.1, 0.15) is 0 Å². The summed E-state index contributed by atoms with van der Waals surface area (Å²) in [7, 11) is 0. The summed E-state index contributed by atoms with van der Waals surface area (Å²) in [6, 6.07) is 0. The molecule has 0 rings (SSSR count). The lowest BCUT2D eigenvalue weighted by Gasteiger charge is -2.36. The van der Waals surface area contributed by atoms with Crippen molar-refractivity contribution in [2.24, 2.45) is 0 Å². The molecule has 0 aliphatic rings. The number of carbonyl (C=O) groups is 1. The number of carboxylic acid groups (broad SMARTS) is 1. The predicted octanol–water partition coefficient (Wildman–Crippen LogP) is 1.19. The van der Waals surface area contributed by atoms with Crippen LogP contribution in [0.25, 0.3) is 0 Å². The minimum Gasteiger partial charge on any atom is -0.480 e. The number of hydrogen-bond acceptors (Lipinski definition) is 5. The fourth-order valence-electron chi connectivity index (χ4n) is 2.38. The van der Waals surface area contributed by atoms with Gasteiger partial charge in [-0.1, -0.05) is 51.9 Å². The molecule has 6 nitrogen and oxygen atoms in total. The molecule has 0 heterocycles. The number of aliphatic hydroxyl groups is 3. The summed E-state index contributed by atoms with van der Waals surface area (Å²) in [6.07, 6.45) is 8.93. The van der Waals surface area contributed by atoms with Gasteiger partial charge in [-0.3, -0.25) is 9.69 Å². The molecule has 0 radical (unpaired) electrons. The minimum absolute atomic E-state index is 0.346. The number of carboxylic acids is 1. The first-order valence-electron chi connectivity index (χ1n) is 7.90. The van der Waals surface area contributed by atoms with Crippen LogP contribution in [0.5, 0.6) is 0 Å². The average molecular weight is 305 g/mol. The number of aliphatic carboxylic acids is 1. The summed E-state index contributed by atoms with van der Waals surface area (Å²) in [5, 5.41) is 37.0. The van der Waals surface area contributed by atoms with Crippen LogP contribution in [0.3, 0.4) is 0 Å². The van der Waals surface area contributed by atoms with Crippen LogP contribution in [0.15, 0.2) is 0 Å². The van der Waals surface area contributed by atoms with E-state index in [1.807, 2.05) is 0 Å². The summed E-state index contributed by atoms with van der Waals surface area (Å²) >= 11 is 0. The van der Waals surface area contributed by atoms with Crippen LogP contribution in [0.2, 0.25) is 0 Å². The van der Waals surface area contributed by atoms with Crippen molar-refractivity contribution in [1.82, 2.24) is 4.90 Å². The summed E-state index contributed by atoms with van der Waals surface area (Å²) < 4.78 is 0. The van der Waals surface area contributed by atoms with Gasteiger partial charge >= 0.3 is 5.97 Å². The van der Waals surface area contributed by atoms with Gasteiger partial charge in [-0.15, -0.1) is 0 Å². The molecule has 0 saturated carbocycles. The van der Waals surface area contributed by atoms with E-state index < -0.39 is 31.5 Å². The molecule has 0 aromatic heterocycles. The number of hydrogen-bond donors (Lipinski definition) is 4. The molecule has 21 heavy (non-hydrogen) atoms. The zero-order chi connectivity index (χ0) is 16.1. The van der Waals surface area contributed by atoms with Crippen LogP contribution in [0.1, 0.15) is 58.3 Å². The molecule has 0 bridgehead atoms. The Morgan fingerprint density at radius 1 is 0.905 bits per heavy atom. The molecule has 0 aliphatic carbocycles. The van der Waals surface area contributed by atoms with Crippen LogP contribution in [-0.4, -0.2) is 63.3 Å². The monoisotopic (exact) mass is 305 g/mol. The molecule has 0 atom stereocenters. The van der Waals surface area contributed by atoms with Crippen LogP contribution >= 0.6 is 0 Å². The molecule has 126 valence electrons. The van der Waals surface area contributed by atoms with Crippen LogP contribution in [0.4, 0.5) is 0 Å². The van der Waals surface area contributed by atoms with Gasteiger partial charge < -0.3 is 20.4 Å². The maximum atomic E-state index is 11.2. The summed E-state index contributed by atoms with van der Waals surface area (Å²) in [6.45, 7) is 0.579. The average Bonchev–Trinajstić information content (AvgIpc) is 2.49. The third-order valence-corrected chi connectivity index (χ3v) is 3.98. The Bertz CT molecular complexity index is 269. The topological polar surface area (TPSA) is 101 Å². The normalized spacial score (nSPS) is 12.0. The third kappa shape index (κ3) is 6.74. The van der Waals surface area contributed by atoms with Gasteiger partial charge in [-0.05, 0) is 6.42 Å². The van der Waals surface area contributed by atoms with Crippen molar-refractivity contribution >= 4 is 5.97 Å². The molecule has 0 amide bonds. The van der Waals surface area contributed by atoms with Crippen molar-refractivity contribution in [3.8, 4) is 0 Å². The van der Waals surface area contributed by atoms with Crippen molar-refractivity contribution < 1.29 is 25.2 Å². The lowest BCUT2D eigenvalue weighted by Crippen LogP contribution is -2.60. The van der Waals surface area contributed by atoms with E-state index in [0.717, 1.165) is 19.3 Å². The quantitative estimate of drug-likeness (QED) is 0.284. The number of rotatable bonds is 14. The van der Waals surface area contributed by atoms with Gasteiger partial charge in [0.2, 0.25) is 0 Å². The van der Waals surface area contributed by atoms with Gasteiger partial charge in [-0.2, -0.15) is 0 Å². The second-order valence-electron chi connectivity index (χ2n) is 5.53. The number of aliphatic hydroxyl groups excluding tert-OH is 3. The highest BCUT2D eigenvalue weighted by molar-refractivity contribution is 5.79. The van der Waals surface area contributed by atoms with Gasteiger partial charge in [0, 0.05) is 6.54 Å². The van der Waals surface area contributed by atoms with E-state index >= 15 is 0 Å². The summed E-state index contributed by atoms with van der Waals surface area (Å²) in [5.41, 5.74) is -1.80. The predicted molar refractivity (Wildman–Crippen MR) is 80.9 cm³/mol. The van der Waals surface area contributed by atoms with Crippen molar-refractivity contribution in [2.75, 3.05) is 26.5 Å². The Labute approximate surface area is 127 Å². The van der Waals surface area contributed by atoms with Crippen molar-refractivity contribution in [3.63, 3.8) is 0 Å². The fraction of sp³-hybridized carbons (Fsp3) is 0.933. The molecule has 0 aromatic rings. The van der Waals surface area contributed by atoms with Gasteiger partial charge in [-0.25, -0.2) is 0 Å². The van der Waals surface area contributed by atoms with E-state index in [1.165, 1.54) is 37.0 Å². The first-order chi connectivity index (χ1) is 10.1. The Morgan fingerprint density at radius 2 is 1.38 bits per heavy atom. The number of nitrogens with zero attached hydrogens (tertiary/aromatic N) is 1. The van der Waals surface area contributed by atoms with E-state index in [2.05, 4.69) is 6.92 Å². The Kier molecular flexibility index (Phi) is 11.5. The highest BCUT2D eigenvalue weighted by atomic mass is 16.4. The molecule has 0 fully saturated rings. The number of unbranched alkanes of at least 4 members (excludes halogenated alkanes) is 7. The second-order valence-corrected chi connectivity index (χ2v) is 5.53. The third-order valence-electron chi connectivity index (χ3n) is 3.98. The maximum absolute atomic E-state index is 11.2. The first-order valence-corrected chi connectivity index (χ1v) is 7.90. The Hall–Kier alpha value is -0.690. The second kappa shape index (κ2) is 11.9. The van der Waals surface area contributed by atoms with E-state index in [0.29, 0.717) is 6.54 Å². The lowest BCUT2D eigenvalue weighted by molar-refractivity contribution is -0.163. The smallest absolute Gasteiger partial charge is 0.329 e. The van der Waals surface area contributed by atoms with E-state index in [1.54, 1.807) is 0 Å². The Morgan fingerprint density at radius 3 is 1.76 bits per heavy atom. The molecule has 0 unspecified atom stereocenters. The van der Waals surface area contributed by atoms with E-state index in [4.69, 9.17) is 0 Å². The highest BCUT2D eigenvalue weighted by Gasteiger charge is 2.43. The minimum atomic E-state index is -1.80. The Balaban J connectivity index is 4.06. The lowest BCUT2D eigenvalue weighted by atomic mass is 9.99. The van der Waals surface area contributed by atoms with Gasteiger partial charge in [0.25, 0.3) is 0 Å². The molecule has 4 N–H and O–H groups in total. The highest BCUT2D eigenvalue weighted by Crippen LogP contribution is 2.17. The molecule has 0 aliphatic heterocycles. The zero-order valence-electron chi connectivity index (χ0n) is 13.1. The molecular weight excluding hydrogens is 274 g/mol. The molecule has 0 aromatic carbocycles. The van der Waals surface area contributed by atoms with Crippen LogP contribution in [0, 0.1) is 0 Å². The standard InChI is InChI=1S/C15H31NO5/c1-2-3-4-5-6-7-8-9-10-16(13-19)15(11-17,12-18)14(20)21/h17-19H,2-13H2,1H3,(H,20,21). The molecule has 0 spiro atoms. The molecular formula is C15H31NO5. The molecule has 6 heteroatoms. The maximum Gasteiger partial charge on any atom is 0.329 e. The summed E-state index contributed by atoms with van der Waals surface area (Å²) in [5.74, 6) is -1.32. The summed E-state index contributed by atoms with van der Waals surface area (Å²) in [4.78, 5) is 12.5. The largest absolute Gasteiger partial charge is 0.480 e. The van der Waals surface area contributed by atoms with Gasteiger partial charge in [0.05, 0.1) is 19.9 Å². The fourth-order valence-corrected chi connectivity index (χ4v) is 2.38. The zero-order valence-corrected chi connectivity index (χ0v) is 13.1. The van der Waals surface area contributed by atoms with Crippen LogP contribution < -0.4 is 0 Å². The molecule has 0 saturated heterocycles. The van der Waals surface area contributed by atoms with Crippen molar-refractivity contribution in [1.29, 1.82) is 0 Å². The van der Waals surface area contributed by atoms with Gasteiger partial charge in [0.15, 0.2) is 5.54 Å². The SMILES string of the molecule is CCCCCCCCCCN(CO)C(CO)(CO)C(=O)O.